The Bertz CT molecular complexity index is 721. The van der Waals surface area contributed by atoms with E-state index in [1.807, 2.05) is 30.3 Å². The van der Waals surface area contributed by atoms with Gasteiger partial charge in [-0.05, 0) is 52.0 Å². The van der Waals surface area contributed by atoms with Crippen molar-refractivity contribution in [3.63, 3.8) is 0 Å². The second-order valence-corrected chi connectivity index (χ2v) is 10.8. The van der Waals surface area contributed by atoms with Crippen LogP contribution in [-0.2, 0) is 20.9 Å². The molecule has 0 heterocycles. The molecule has 1 unspecified atom stereocenters. The first-order valence-electron chi connectivity index (χ1n) is 13.2. The van der Waals surface area contributed by atoms with Crippen LogP contribution in [0.1, 0.15) is 90.5 Å². The van der Waals surface area contributed by atoms with Gasteiger partial charge in [0.25, 0.3) is 0 Å². The third-order valence-corrected chi connectivity index (χ3v) is 6.50. The number of carbonyl (C=O) groups is 2. The number of hydrogen-bond donors (Lipinski definition) is 2. The molecule has 0 aromatic heterocycles. The zero-order chi connectivity index (χ0) is 25.7. The van der Waals surface area contributed by atoms with Crippen molar-refractivity contribution in [2.45, 2.75) is 115 Å². The highest BCUT2D eigenvalue weighted by atomic mass is 16.6. The number of nitrogens with one attached hydrogen (secondary N) is 1. The molecule has 198 valence electrons. The molecule has 0 bridgehead atoms. The number of hydrogen-bond acceptors (Lipinski definition) is 5. The second-order valence-electron chi connectivity index (χ2n) is 10.8. The zero-order valence-electron chi connectivity index (χ0n) is 22.1. The topological polar surface area (TPSA) is 88.1 Å². The minimum atomic E-state index is -1.14. The van der Waals surface area contributed by atoms with Gasteiger partial charge in [0.1, 0.15) is 5.60 Å². The highest BCUT2D eigenvalue weighted by molar-refractivity contribution is 5.80. The fourth-order valence-electron chi connectivity index (χ4n) is 4.54. The lowest BCUT2D eigenvalue weighted by Gasteiger charge is -2.30. The van der Waals surface area contributed by atoms with E-state index in [2.05, 4.69) is 5.32 Å². The summed E-state index contributed by atoms with van der Waals surface area (Å²) in [5.74, 6) is -1.14. The molecule has 0 radical (unpaired) electrons. The average molecular weight is 491 g/mol. The van der Waals surface area contributed by atoms with Crippen molar-refractivity contribution in [3.8, 4) is 0 Å². The fourth-order valence-corrected chi connectivity index (χ4v) is 4.54. The predicted molar refractivity (Wildman–Crippen MR) is 138 cm³/mol. The van der Waals surface area contributed by atoms with E-state index in [-0.39, 0.29) is 13.2 Å². The van der Waals surface area contributed by atoms with Crippen LogP contribution in [0.2, 0.25) is 0 Å². The van der Waals surface area contributed by atoms with Gasteiger partial charge < -0.3 is 19.9 Å². The Labute approximate surface area is 211 Å². The van der Waals surface area contributed by atoms with Crippen LogP contribution in [0.3, 0.4) is 0 Å². The van der Waals surface area contributed by atoms with Crippen LogP contribution in [0.25, 0.3) is 0 Å². The maximum Gasteiger partial charge on any atom is 0.410 e. The molecule has 2 aliphatic carbocycles. The first kappa shape index (κ1) is 29.1. The molecule has 2 aliphatic rings. The lowest BCUT2D eigenvalue weighted by atomic mass is 9.91. The van der Waals surface area contributed by atoms with Gasteiger partial charge in [-0.25, -0.2) is 9.59 Å². The van der Waals surface area contributed by atoms with Gasteiger partial charge in [0, 0.05) is 19.1 Å². The van der Waals surface area contributed by atoms with Gasteiger partial charge >= 0.3 is 12.1 Å². The van der Waals surface area contributed by atoms with Gasteiger partial charge in [-0.15, -0.1) is 0 Å². The smallest absolute Gasteiger partial charge is 0.410 e. The summed E-state index contributed by atoms with van der Waals surface area (Å²) >= 11 is 0. The van der Waals surface area contributed by atoms with Gasteiger partial charge in [0.05, 0.1) is 13.2 Å². The zero-order valence-corrected chi connectivity index (χ0v) is 22.1. The minimum Gasteiger partial charge on any atom is -0.480 e. The molecule has 3 rings (SSSR count). The summed E-state index contributed by atoms with van der Waals surface area (Å²) in [6.45, 7) is 5.34. The molecule has 7 nitrogen and oxygen atoms in total. The van der Waals surface area contributed by atoms with Crippen molar-refractivity contribution in [1.29, 1.82) is 0 Å². The Balaban J connectivity index is 0.000000279. The molecule has 2 fully saturated rings. The molecule has 2 N–H and O–H groups in total. The van der Waals surface area contributed by atoms with E-state index in [9.17, 15) is 14.7 Å². The highest BCUT2D eigenvalue weighted by Crippen LogP contribution is 2.22. The van der Waals surface area contributed by atoms with Crippen LogP contribution in [0, 0.1) is 0 Å². The summed E-state index contributed by atoms with van der Waals surface area (Å²) in [7, 11) is 1.39. The number of amides is 1. The first-order valence-corrected chi connectivity index (χ1v) is 13.2. The summed E-state index contributed by atoms with van der Waals surface area (Å²) in [6, 6.07) is 10.0. The van der Waals surface area contributed by atoms with Gasteiger partial charge in [-0.2, -0.15) is 0 Å². The van der Waals surface area contributed by atoms with Crippen molar-refractivity contribution in [3.05, 3.63) is 35.9 Å². The molecule has 7 heteroatoms. The largest absolute Gasteiger partial charge is 0.480 e. The lowest BCUT2D eigenvalue weighted by Crippen LogP contribution is -2.47. The van der Waals surface area contributed by atoms with Crippen molar-refractivity contribution >= 4 is 12.1 Å². The SMILES string of the molecule is C1CCC(NC2CCCCC2)CC1.CN(C(=O)OC(C)(C)C)C(COCc1ccccc1)C(=O)O. The minimum absolute atomic E-state index is 0.111. The maximum atomic E-state index is 11.9. The number of likely N-dealkylation sites (N-methyl/N-ethyl adjacent to an activating group) is 1. The van der Waals surface area contributed by atoms with E-state index in [0.29, 0.717) is 0 Å². The number of aliphatic carboxylic acids is 1. The third-order valence-electron chi connectivity index (χ3n) is 6.50. The van der Waals surface area contributed by atoms with Gasteiger partial charge in [-0.3, -0.25) is 4.90 Å². The van der Waals surface area contributed by atoms with Crippen LogP contribution in [-0.4, -0.2) is 59.5 Å². The molecular weight excluding hydrogens is 444 g/mol. The molecular formula is C28H46N2O5. The Morgan fingerprint density at radius 3 is 1.94 bits per heavy atom. The number of carboxylic acid groups (broad SMARTS) is 1. The summed E-state index contributed by atoms with van der Waals surface area (Å²) in [6.07, 6.45) is 13.9. The summed E-state index contributed by atoms with van der Waals surface area (Å²) < 4.78 is 10.6. The Kier molecular flexibility index (Phi) is 12.6. The Hall–Kier alpha value is -2.12. The molecule has 35 heavy (non-hydrogen) atoms. The Morgan fingerprint density at radius 2 is 1.49 bits per heavy atom. The van der Waals surface area contributed by atoms with Crippen molar-refractivity contribution < 1.29 is 24.2 Å². The lowest BCUT2D eigenvalue weighted by molar-refractivity contribution is -0.145. The number of rotatable bonds is 8. The summed E-state index contributed by atoms with van der Waals surface area (Å²) in [4.78, 5) is 24.3. The number of nitrogens with zero attached hydrogens (tertiary/aromatic N) is 1. The maximum absolute atomic E-state index is 11.9. The number of benzene rings is 1. The van der Waals surface area contributed by atoms with E-state index in [1.165, 1.54) is 71.3 Å². The molecule has 1 aromatic carbocycles. The molecule has 0 aliphatic heterocycles. The van der Waals surface area contributed by atoms with Gasteiger partial charge in [0.15, 0.2) is 6.04 Å². The Morgan fingerprint density at radius 1 is 0.971 bits per heavy atom. The molecule has 1 aromatic rings. The van der Waals surface area contributed by atoms with Crippen LogP contribution < -0.4 is 5.32 Å². The van der Waals surface area contributed by atoms with Crippen LogP contribution in [0.4, 0.5) is 4.79 Å². The van der Waals surface area contributed by atoms with Crippen LogP contribution >= 0.6 is 0 Å². The number of ether oxygens (including phenoxy) is 2. The molecule has 0 spiro atoms. The fraction of sp³-hybridized carbons (Fsp3) is 0.714. The first-order chi connectivity index (χ1) is 16.7. The van der Waals surface area contributed by atoms with Crippen LogP contribution in [0.15, 0.2) is 30.3 Å². The highest BCUT2D eigenvalue weighted by Gasteiger charge is 2.30. The average Bonchev–Trinajstić information content (AvgIpc) is 2.82. The molecule has 1 amide bonds. The summed E-state index contributed by atoms with van der Waals surface area (Å²) in [5.41, 5.74) is 0.255. The van der Waals surface area contributed by atoms with Crippen LogP contribution in [0.5, 0.6) is 0 Å². The van der Waals surface area contributed by atoms with E-state index < -0.39 is 23.7 Å². The van der Waals surface area contributed by atoms with Crippen molar-refractivity contribution in [1.82, 2.24) is 10.2 Å². The van der Waals surface area contributed by atoms with Gasteiger partial charge in [-0.1, -0.05) is 68.9 Å². The number of carbonyl (C=O) groups excluding carboxylic acids is 1. The van der Waals surface area contributed by atoms with E-state index >= 15 is 0 Å². The second kappa shape index (κ2) is 15.1. The normalized spacial score (nSPS) is 18.2. The standard InChI is InChI=1S/C16H23NO5.C12H23N/c1-16(2,3)22-15(20)17(4)13(14(18)19)11-21-10-12-8-6-5-7-9-12;1-3-7-11(8-4-1)13-12-9-5-2-6-10-12/h5-9,13H,10-11H2,1-4H3,(H,18,19);11-13H,1-10H2. The monoisotopic (exact) mass is 490 g/mol. The van der Waals surface area contributed by atoms with Gasteiger partial charge in [0.2, 0.25) is 0 Å². The molecule has 0 saturated heterocycles. The molecule has 1 atom stereocenters. The van der Waals surface area contributed by atoms with E-state index in [1.54, 1.807) is 20.8 Å². The molecule has 2 saturated carbocycles. The summed E-state index contributed by atoms with van der Waals surface area (Å²) in [5, 5.41) is 13.1. The van der Waals surface area contributed by atoms with E-state index in [0.717, 1.165) is 22.5 Å². The van der Waals surface area contributed by atoms with Crippen molar-refractivity contribution in [2.24, 2.45) is 0 Å². The third kappa shape index (κ3) is 11.9. The van der Waals surface area contributed by atoms with Crippen molar-refractivity contribution in [2.75, 3.05) is 13.7 Å². The quantitative estimate of drug-likeness (QED) is 0.481. The predicted octanol–water partition coefficient (Wildman–Crippen LogP) is 5.76. The van der Waals surface area contributed by atoms with E-state index in [4.69, 9.17) is 9.47 Å². The number of carboxylic acids is 1.